The fourth-order valence-corrected chi connectivity index (χ4v) is 2.49. The highest BCUT2D eigenvalue weighted by atomic mass is 127. The highest BCUT2D eigenvalue weighted by Crippen LogP contribution is 2.17. The Morgan fingerprint density at radius 1 is 1.32 bits per heavy atom. The summed E-state index contributed by atoms with van der Waals surface area (Å²) in [5, 5.41) is 6.69. The predicted molar refractivity (Wildman–Crippen MR) is 98.7 cm³/mol. The van der Waals surface area contributed by atoms with E-state index in [0.29, 0.717) is 18.3 Å². The number of hydrogen-bond donors (Lipinski definition) is 2. The van der Waals surface area contributed by atoms with Crippen LogP contribution in [0.25, 0.3) is 0 Å². The van der Waals surface area contributed by atoms with E-state index in [1.165, 1.54) is 37.8 Å². The summed E-state index contributed by atoms with van der Waals surface area (Å²) in [5.41, 5.74) is 0. The van der Waals surface area contributed by atoms with Crippen molar-refractivity contribution in [3.63, 3.8) is 0 Å². The molecule has 1 aliphatic rings. The van der Waals surface area contributed by atoms with Crippen molar-refractivity contribution in [3.8, 4) is 5.75 Å². The van der Waals surface area contributed by atoms with Crippen LogP contribution < -0.4 is 15.4 Å². The smallest absolute Gasteiger partial charge is 0.191 e. The Morgan fingerprint density at radius 3 is 2.55 bits per heavy atom. The van der Waals surface area contributed by atoms with Crippen LogP contribution in [0.4, 0.5) is 4.39 Å². The topological polar surface area (TPSA) is 45.7 Å². The number of hydrogen-bond acceptors (Lipinski definition) is 2. The number of nitrogens with one attached hydrogen (secondary N) is 2. The van der Waals surface area contributed by atoms with Crippen molar-refractivity contribution in [2.45, 2.75) is 44.8 Å². The maximum absolute atomic E-state index is 12.8. The lowest BCUT2D eigenvalue weighted by Crippen LogP contribution is -2.45. The summed E-state index contributed by atoms with van der Waals surface area (Å²) in [4.78, 5) is 4.23. The minimum absolute atomic E-state index is 0. The van der Waals surface area contributed by atoms with E-state index in [-0.39, 0.29) is 35.9 Å². The molecule has 22 heavy (non-hydrogen) atoms. The summed E-state index contributed by atoms with van der Waals surface area (Å²) in [6.45, 7) is 2.61. The van der Waals surface area contributed by atoms with Crippen molar-refractivity contribution in [2.75, 3.05) is 13.6 Å². The number of halogens is 2. The van der Waals surface area contributed by atoms with Gasteiger partial charge in [-0.3, -0.25) is 4.99 Å². The molecule has 6 heteroatoms. The van der Waals surface area contributed by atoms with E-state index in [1.54, 1.807) is 19.2 Å². The van der Waals surface area contributed by atoms with Crippen molar-refractivity contribution < 1.29 is 9.13 Å². The fourth-order valence-electron chi connectivity index (χ4n) is 2.49. The first kappa shape index (κ1) is 19.0. The summed E-state index contributed by atoms with van der Waals surface area (Å²) in [5.74, 6) is 1.23. The summed E-state index contributed by atoms with van der Waals surface area (Å²) in [7, 11) is 1.77. The van der Waals surface area contributed by atoms with Gasteiger partial charge in [-0.15, -0.1) is 24.0 Å². The van der Waals surface area contributed by atoms with Crippen LogP contribution in [0.2, 0.25) is 0 Å². The number of guanidine groups is 1. The van der Waals surface area contributed by atoms with Gasteiger partial charge in [0, 0.05) is 13.1 Å². The quantitative estimate of drug-likeness (QED) is 0.436. The highest BCUT2D eigenvalue weighted by Gasteiger charge is 2.16. The Hall–Kier alpha value is -1.05. The van der Waals surface area contributed by atoms with Gasteiger partial charge < -0.3 is 15.4 Å². The molecule has 0 radical (unpaired) electrons. The van der Waals surface area contributed by atoms with Crippen LogP contribution >= 0.6 is 24.0 Å². The molecule has 2 N–H and O–H groups in total. The molecule has 1 atom stereocenters. The first-order chi connectivity index (χ1) is 10.2. The molecule has 0 saturated heterocycles. The Kier molecular flexibility index (Phi) is 8.52. The third kappa shape index (κ3) is 6.37. The molecular formula is C16H25FIN3O. The number of benzene rings is 1. The highest BCUT2D eigenvalue weighted by molar-refractivity contribution is 14.0. The van der Waals surface area contributed by atoms with E-state index >= 15 is 0 Å². The van der Waals surface area contributed by atoms with Gasteiger partial charge in [-0.1, -0.05) is 12.8 Å². The molecule has 1 fully saturated rings. The standard InChI is InChI=1S/C16H24FN3O.HI/c1-12(21-15-9-7-13(17)8-10-15)11-19-16(18-2)20-14-5-3-4-6-14;/h7-10,12,14H,3-6,11H2,1-2H3,(H2,18,19,20);1H. The number of nitrogens with zero attached hydrogens (tertiary/aromatic N) is 1. The number of aliphatic imine (C=N–C) groups is 1. The Bertz CT molecular complexity index is 461. The maximum atomic E-state index is 12.8. The van der Waals surface area contributed by atoms with Crippen LogP contribution in [0, 0.1) is 5.82 Å². The van der Waals surface area contributed by atoms with Crippen molar-refractivity contribution in [3.05, 3.63) is 30.1 Å². The molecule has 1 aromatic carbocycles. The van der Waals surface area contributed by atoms with E-state index < -0.39 is 0 Å². The Balaban J connectivity index is 0.00000242. The molecule has 0 aromatic heterocycles. The van der Waals surface area contributed by atoms with Gasteiger partial charge in [0.05, 0.1) is 6.54 Å². The van der Waals surface area contributed by atoms with Crippen LogP contribution in [0.15, 0.2) is 29.3 Å². The lowest BCUT2D eigenvalue weighted by Gasteiger charge is -2.20. The Labute approximate surface area is 148 Å². The summed E-state index contributed by atoms with van der Waals surface area (Å²) in [6.07, 6.45) is 4.97. The van der Waals surface area contributed by atoms with Crippen LogP contribution in [-0.4, -0.2) is 31.7 Å². The molecular weight excluding hydrogens is 396 g/mol. The van der Waals surface area contributed by atoms with Crippen molar-refractivity contribution >= 4 is 29.9 Å². The number of ether oxygens (including phenoxy) is 1. The van der Waals surface area contributed by atoms with Crippen molar-refractivity contribution in [1.82, 2.24) is 10.6 Å². The average Bonchev–Trinajstić information content (AvgIpc) is 2.99. The lowest BCUT2D eigenvalue weighted by atomic mass is 10.2. The normalized spacial score (nSPS) is 16.8. The molecule has 0 bridgehead atoms. The third-order valence-electron chi connectivity index (χ3n) is 3.63. The van der Waals surface area contributed by atoms with Gasteiger partial charge >= 0.3 is 0 Å². The largest absolute Gasteiger partial charge is 0.489 e. The molecule has 1 saturated carbocycles. The van der Waals surface area contributed by atoms with Gasteiger partial charge in [-0.2, -0.15) is 0 Å². The fraction of sp³-hybridized carbons (Fsp3) is 0.562. The zero-order chi connectivity index (χ0) is 15.1. The maximum Gasteiger partial charge on any atom is 0.191 e. The Morgan fingerprint density at radius 2 is 1.95 bits per heavy atom. The molecule has 124 valence electrons. The van der Waals surface area contributed by atoms with Crippen molar-refractivity contribution in [1.29, 1.82) is 0 Å². The monoisotopic (exact) mass is 421 g/mol. The van der Waals surface area contributed by atoms with E-state index in [4.69, 9.17) is 4.74 Å². The SMILES string of the molecule is CN=C(NCC(C)Oc1ccc(F)cc1)NC1CCCC1.I. The zero-order valence-corrected chi connectivity index (χ0v) is 15.5. The van der Waals surface area contributed by atoms with E-state index in [1.807, 2.05) is 6.92 Å². The molecule has 0 aliphatic heterocycles. The van der Waals surface area contributed by atoms with Gasteiger partial charge in [-0.05, 0) is 44.0 Å². The molecule has 1 aromatic rings. The second kappa shape index (κ2) is 9.86. The lowest BCUT2D eigenvalue weighted by molar-refractivity contribution is 0.223. The van der Waals surface area contributed by atoms with Gasteiger partial charge in [0.25, 0.3) is 0 Å². The van der Waals surface area contributed by atoms with Crippen LogP contribution in [0.3, 0.4) is 0 Å². The summed E-state index contributed by atoms with van der Waals surface area (Å²) < 4.78 is 18.5. The zero-order valence-electron chi connectivity index (χ0n) is 13.1. The first-order valence-corrected chi connectivity index (χ1v) is 7.57. The summed E-state index contributed by atoms with van der Waals surface area (Å²) >= 11 is 0. The van der Waals surface area contributed by atoms with Crippen molar-refractivity contribution in [2.24, 2.45) is 4.99 Å². The molecule has 4 nitrogen and oxygen atoms in total. The second-order valence-corrected chi connectivity index (χ2v) is 5.46. The van der Waals surface area contributed by atoms with Crippen LogP contribution in [-0.2, 0) is 0 Å². The molecule has 0 heterocycles. The second-order valence-electron chi connectivity index (χ2n) is 5.46. The van der Waals surface area contributed by atoms with Gasteiger partial charge in [0.1, 0.15) is 17.7 Å². The molecule has 1 aliphatic carbocycles. The van der Waals surface area contributed by atoms with Crippen LogP contribution in [0.1, 0.15) is 32.6 Å². The van der Waals surface area contributed by atoms with Crippen LogP contribution in [0.5, 0.6) is 5.75 Å². The minimum Gasteiger partial charge on any atom is -0.489 e. The van der Waals surface area contributed by atoms with E-state index in [9.17, 15) is 4.39 Å². The van der Waals surface area contributed by atoms with Gasteiger partial charge in [0.15, 0.2) is 5.96 Å². The third-order valence-corrected chi connectivity index (χ3v) is 3.63. The average molecular weight is 421 g/mol. The predicted octanol–water partition coefficient (Wildman–Crippen LogP) is 3.32. The summed E-state index contributed by atoms with van der Waals surface area (Å²) in [6, 6.07) is 6.60. The number of rotatable bonds is 5. The molecule has 1 unspecified atom stereocenters. The van der Waals surface area contributed by atoms with E-state index in [0.717, 1.165) is 5.96 Å². The van der Waals surface area contributed by atoms with Gasteiger partial charge in [-0.25, -0.2) is 4.39 Å². The molecule has 2 rings (SSSR count). The first-order valence-electron chi connectivity index (χ1n) is 7.57. The minimum atomic E-state index is -0.255. The van der Waals surface area contributed by atoms with Gasteiger partial charge in [0.2, 0.25) is 0 Å². The molecule has 0 spiro atoms. The van der Waals surface area contributed by atoms with E-state index in [2.05, 4.69) is 15.6 Å². The molecule has 0 amide bonds.